The molecule has 3 unspecified atom stereocenters. The van der Waals surface area contributed by atoms with Crippen molar-refractivity contribution in [3.63, 3.8) is 0 Å². The minimum Gasteiger partial charge on any atom is -0.466 e. The van der Waals surface area contributed by atoms with Crippen molar-refractivity contribution in [2.75, 3.05) is 19.8 Å². The summed E-state index contributed by atoms with van der Waals surface area (Å²) in [5.41, 5.74) is -1.74. The zero-order valence-electron chi connectivity index (χ0n) is 20.0. The lowest BCUT2D eigenvalue weighted by molar-refractivity contribution is -0.160. The van der Waals surface area contributed by atoms with Gasteiger partial charge in [0.15, 0.2) is 0 Å². The first-order chi connectivity index (χ1) is 15.3. The summed E-state index contributed by atoms with van der Waals surface area (Å²) in [6, 6.07) is -0.754. The molecular weight excluding hydrogens is 412 g/mol. The Morgan fingerprint density at radius 2 is 2.00 bits per heavy atom. The van der Waals surface area contributed by atoms with Gasteiger partial charge in [0.25, 0.3) is 0 Å². The molecule has 1 spiro atoms. The number of nitrogens with one attached hydrogen (secondary N) is 1. The van der Waals surface area contributed by atoms with Crippen LogP contribution in [0.5, 0.6) is 0 Å². The van der Waals surface area contributed by atoms with Crippen LogP contribution < -0.4 is 5.32 Å². The second-order valence-corrected chi connectivity index (χ2v) is 9.60. The van der Waals surface area contributed by atoms with E-state index in [1.165, 1.54) is 0 Å². The van der Waals surface area contributed by atoms with Gasteiger partial charge in [-0.05, 0) is 58.8 Å². The van der Waals surface area contributed by atoms with Crippen LogP contribution in [0.1, 0.15) is 79.1 Å². The Morgan fingerprint density at radius 3 is 2.62 bits per heavy atom. The lowest BCUT2D eigenvalue weighted by Gasteiger charge is -2.34. The van der Waals surface area contributed by atoms with E-state index in [-0.39, 0.29) is 31.1 Å². The maximum absolute atomic E-state index is 13.7. The minimum absolute atomic E-state index is 0.00566. The van der Waals surface area contributed by atoms with Gasteiger partial charge in [-0.1, -0.05) is 20.3 Å². The molecule has 182 valence electrons. The number of carbonyl (C=O) groups is 3. The highest BCUT2D eigenvalue weighted by atomic mass is 16.6. The van der Waals surface area contributed by atoms with Crippen LogP contribution in [0, 0.1) is 11.8 Å². The van der Waals surface area contributed by atoms with Crippen LogP contribution in [0.15, 0.2) is 0 Å². The lowest BCUT2D eigenvalue weighted by Crippen LogP contribution is -2.56. The fraction of sp³-hybridized carbons (Fsp3) is 0.875. The average molecular weight is 453 g/mol. The highest BCUT2D eigenvalue weighted by molar-refractivity contribution is 5.98. The van der Waals surface area contributed by atoms with E-state index in [9.17, 15) is 14.4 Å². The molecule has 0 aliphatic carbocycles. The second-order valence-electron chi connectivity index (χ2n) is 9.60. The van der Waals surface area contributed by atoms with Crippen LogP contribution in [0.4, 0.5) is 0 Å². The molecule has 3 aliphatic heterocycles. The van der Waals surface area contributed by atoms with Crippen LogP contribution in [0.2, 0.25) is 0 Å². The molecule has 3 aliphatic rings. The molecule has 3 saturated heterocycles. The maximum atomic E-state index is 13.7. The number of carbonyl (C=O) groups excluding carboxylic acids is 3. The number of amides is 2. The van der Waals surface area contributed by atoms with Gasteiger partial charge in [-0.25, -0.2) is 0 Å². The molecule has 8 heteroatoms. The van der Waals surface area contributed by atoms with Gasteiger partial charge in [-0.15, -0.1) is 0 Å². The molecule has 0 aromatic carbocycles. The first kappa shape index (κ1) is 25.0. The first-order valence-corrected chi connectivity index (χ1v) is 12.4. The fourth-order valence-corrected chi connectivity index (χ4v) is 6.25. The van der Waals surface area contributed by atoms with E-state index in [1.807, 2.05) is 13.8 Å². The number of esters is 1. The van der Waals surface area contributed by atoms with Crippen molar-refractivity contribution >= 4 is 17.8 Å². The van der Waals surface area contributed by atoms with Crippen molar-refractivity contribution in [2.24, 2.45) is 11.8 Å². The average Bonchev–Trinajstić information content (AvgIpc) is 3.35. The monoisotopic (exact) mass is 452 g/mol. The molecule has 8 nitrogen and oxygen atoms in total. The molecular formula is C24H40N2O6. The number of hydrogen-bond donors (Lipinski definition) is 2. The van der Waals surface area contributed by atoms with Gasteiger partial charge in [0, 0.05) is 19.2 Å². The zero-order chi connectivity index (χ0) is 23.5. The van der Waals surface area contributed by atoms with Gasteiger partial charge in [-0.2, -0.15) is 0 Å². The number of ether oxygens (including phenoxy) is 2. The van der Waals surface area contributed by atoms with Crippen LogP contribution in [-0.4, -0.2) is 70.8 Å². The van der Waals surface area contributed by atoms with Crippen molar-refractivity contribution in [1.29, 1.82) is 0 Å². The third-order valence-corrected chi connectivity index (χ3v) is 7.64. The van der Waals surface area contributed by atoms with Gasteiger partial charge < -0.3 is 24.8 Å². The Balaban J connectivity index is 1.96. The molecule has 3 fully saturated rings. The molecule has 3 heterocycles. The molecule has 32 heavy (non-hydrogen) atoms. The van der Waals surface area contributed by atoms with E-state index < -0.39 is 35.0 Å². The summed E-state index contributed by atoms with van der Waals surface area (Å²) in [7, 11) is 0. The third kappa shape index (κ3) is 4.04. The standard InChI is InChI=1S/C24H40N2O6/c1-5-11-16(4)25-20(28)19-24-13-12-23(6-2,32-24)18(22(30)31-7-3)17(24)21(29)26(19)14-9-8-10-15-27/h16-19,27H,5-15H2,1-4H3,(H,25,28)/t16?,17-,18-,19?,23+,24?/m0/s1. The Labute approximate surface area is 191 Å². The summed E-state index contributed by atoms with van der Waals surface area (Å²) in [6.07, 6.45) is 5.73. The van der Waals surface area contributed by atoms with Crippen molar-refractivity contribution < 1.29 is 29.0 Å². The molecule has 0 saturated carbocycles. The van der Waals surface area contributed by atoms with Crippen molar-refractivity contribution in [3.8, 4) is 0 Å². The topological polar surface area (TPSA) is 105 Å². The van der Waals surface area contributed by atoms with Crippen LogP contribution >= 0.6 is 0 Å². The second kappa shape index (κ2) is 10.1. The molecule has 2 N–H and O–H groups in total. The fourth-order valence-electron chi connectivity index (χ4n) is 6.25. The summed E-state index contributed by atoms with van der Waals surface area (Å²) in [5.74, 6) is -2.13. The molecule has 3 rings (SSSR count). The van der Waals surface area contributed by atoms with Gasteiger partial charge in [0.2, 0.25) is 11.8 Å². The van der Waals surface area contributed by atoms with E-state index in [2.05, 4.69) is 12.2 Å². The molecule has 2 bridgehead atoms. The summed E-state index contributed by atoms with van der Waals surface area (Å²) in [5, 5.41) is 12.2. The number of likely N-dealkylation sites (tertiary alicyclic amines) is 1. The number of fused-ring (bicyclic) bond motifs is 1. The molecule has 6 atom stereocenters. The minimum atomic E-state index is -0.989. The Morgan fingerprint density at radius 1 is 1.25 bits per heavy atom. The number of rotatable bonds is 12. The van der Waals surface area contributed by atoms with Crippen molar-refractivity contribution in [2.45, 2.75) is 102 Å². The Kier molecular flexibility index (Phi) is 7.86. The van der Waals surface area contributed by atoms with Crippen molar-refractivity contribution in [3.05, 3.63) is 0 Å². The van der Waals surface area contributed by atoms with E-state index in [4.69, 9.17) is 14.6 Å². The van der Waals surface area contributed by atoms with Gasteiger partial charge >= 0.3 is 5.97 Å². The summed E-state index contributed by atoms with van der Waals surface area (Å²) in [6.45, 7) is 8.53. The van der Waals surface area contributed by atoms with Crippen LogP contribution in [0.3, 0.4) is 0 Å². The smallest absolute Gasteiger partial charge is 0.312 e. The van der Waals surface area contributed by atoms with Crippen molar-refractivity contribution in [1.82, 2.24) is 10.2 Å². The molecule has 0 aromatic heterocycles. The van der Waals surface area contributed by atoms with Gasteiger partial charge in [0.1, 0.15) is 17.6 Å². The van der Waals surface area contributed by atoms with E-state index >= 15 is 0 Å². The lowest BCUT2D eigenvalue weighted by atomic mass is 9.65. The number of aliphatic hydroxyl groups is 1. The van der Waals surface area contributed by atoms with Gasteiger partial charge in [0.05, 0.1) is 18.1 Å². The number of nitrogens with zero attached hydrogens (tertiary/aromatic N) is 1. The number of hydrogen-bond acceptors (Lipinski definition) is 6. The van der Waals surface area contributed by atoms with Gasteiger partial charge in [-0.3, -0.25) is 14.4 Å². The Hall–Kier alpha value is -1.67. The highest BCUT2D eigenvalue weighted by Crippen LogP contribution is 2.64. The van der Waals surface area contributed by atoms with E-state index in [0.29, 0.717) is 38.6 Å². The summed E-state index contributed by atoms with van der Waals surface area (Å²) < 4.78 is 12.0. The third-order valence-electron chi connectivity index (χ3n) is 7.64. The van der Waals surface area contributed by atoms with E-state index in [0.717, 1.165) is 19.3 Å². The normalized spacial score (nSPS) is 34.0. The summed E-state index contributed by atoms with van der Waals surface area (Å²) >= 11 is 0. The van der Waals surface area contributed by atoms with Crippen LogP contribution in [-0.2, 0) is 23.9 Å². The van der Waals surface area contributed by atoms with Crippen LogP contribution in [0.25, 0.3) is 0 Å². The predicted octanol–water partition coefficient (Wildman–Crippen LogP) is 2.17. The first-order valence-electron chi connectivity index (χ1n) is 12.4. The quantitative estimate of drug-likeness (QED) is 0.347. The molecule has 2 amide bonds. The number of aliphatic hydroxyl groups excluding tert-OH is 1. The largest absolute Gasteiger partial charge is 0.466 e. The maximum Gasteiger partial charge on any atom is 0.312 e. The molecule has 0 radical (unpaired) electrons. The Bertz CT molecular complexity index is 715. The predicted molar refractivity (Wildman–Crippen MR) is 119 cm³/mol. The van der Waals surface area contributed by atoms with E-state index in [1.54, 1.807) is 11.8 Å². The zero-order valence-corrected chi connectivity index (χ0v) is 20.0. The highest BCUT2D eigenvalue weighted by Gasteiger charge is 2.78. The summed E-state index contributed by atoms with van der Waals surface area (Å²) in [4.78, 5) is 42.0. The number of unbranched alkanes of at least 4 members (excludes halogenated alkanes) is 2. The SMILES string of the molecule is CCCC(C)NC(=O)C1N(CCCCCO)C(=O)[C@@H]2[C@@H](C(=O)OCC)[C@@]3(CC)CCC12O3. The molecule has 0 aromatic rings.